The van der Waals surface area contributed by atoms with Gasteiger partial charge < -0.3 is 19.5 Å². The Morgan fingerprint density at radius 3 is 2.61 bits per heavy atom. The molecule has 0 aliphatic heterocycles. The van der Waals surface area contributed by atoms with Crippen LogP contribution in [0, 0.1) is 13.8 Å². The molecule has 0 fully saturated rings. The fourth-order valence-electron chi connectivity index (χ4n) is 2.39. The minimum atomic E-state index is 0.435. The smallest absolute Gasteiger partial charge is 0.186 e. The maximum atomic E-state index is 5.95. The van der Waals surface area contributed by atoms with Gasteiger partial charge in [-0.2, -0.15) is 5.10 Å². The highest BCUT2D eigenvalue weighted by Crippen LogP contribution is 2.30. The van der Waals surface area contributed by atoms with E-state index in [1.54, 1.807) is 20.4 Å². The summed E-state index contributed by atoms with van der Waals surface area (Å²) in [6, 6.07) is 11.7. The normalized spacial score (nSPS) is 10.6. The predicted molar refractivity (Wildman–Crippen MR) is 117 cm³/mol. The number of hydrazone groups is 1. The molecule has 7 heteroatoms. The highest BCUT2D eigenvalue weighted by atomic mass is 32.1. The lowest BCUT2D eigenvalue weighted by molar-refractivity contribution is 0.240. The van der Waals surface area contributed by atoms with Gasteiger partial charge in [0, 0.05) is 19.0 Å². The van der Waals surface area contributed by atoms with Crippen LogP contribution in [0.3, 0.4) is 0 Å². The molecule has 150 valence electrons. The number of hydrogen-bond donors (Lipinski definition) is 2. The van der Waals surface area contributed by atoms with Gasteiger partial charge in [-0.05, 0) is 61.5 Å². The van der Waals surface area contributed by atoms with Gasteiger partial charge >= 0.3 is 0 Å². The zero-order valence-electron chi connectivity index (χ0n) is 16.7. The third kappa shape index (κ3) is 6.42. The van der Waals surface area contributed by atoms with Gasteiger partial charge in [0.25, 0.3) is 0 Å². The zero-order valence-corrected chi connectivity index (χ0v) is 17.6. The van der Waals surface area contributed by atoms with E-state index in [1.165, 1.54) is 11.1 Å². The fraction of sp³-hybridized carbons (Fsp3) is 0.333. The van der Waals surface area contributed by atoms with E-state index in [9.17, 15) is 0 Å². The summed E-state index contributed by atoms with van der Waals surface area (Å²) in [4.78, 5) is 0. The molecule has 0 saturated heterocycles. The van der Waals surface area contributed by atoms with Crippen LogP contribution in [0.15, 0.2) is 41.5 Å². The van der Waals surface area contributed by atoms with Gasteiger partial charge in [0.1, 0.15) is 5.75 Å². The third-order valence-electron chi connectivity index (χ3n) is 4.11. The first-order valence-corrected chi connectivity index (χ1v) is 9.46. The first kappa shape index (κ1) is 21.5. The lowest BCUT2D eigenvalue weighted by Crippen LogP contribution is -2.28. The Hall–Kier alpha value is -2.80. The van der Waals surface area contributed by atoms with Crippen molar-refractivity contribution in [2.45, 2.75) is 20.3 Å². The highest BCUT2D eigenvalue weighted by molar-refractivity contribution is 7.80. The average Bonchev–Trinajstić information content (AvgIpc) is 2.70. The Balaban J connectivity index is 1.91. The molecular formula is C21H27N3O3S. The number of thiocarbonyl (C=S) groups is 1. The molecule has 0 heterocycles. The molecule has 0 unspecified atom stereocenters. The van der Waals surface area contributed by atoms with Crippen molar-refractivity contribution in [3.63, 3.8) is 0 Å². The molecule has 2 aromatic carbocycles. The van der Waals surface area contributed by atoms with Crippen molar-refractivity contribution in [2.24, 2.45) is 5.10 Å². The van der Waals surface area contributed by atoms with E-state index in [4.69, 9.17) is 26.4 Å². The SMILES string of the molecule is CNC(=S)N/N=C/c1cccc(OC)c1OCCCOc1ccc(C)c(C)c1. The maximum absolute atomic E-state index is 5.95. The lowest BCUT2D eigenvalue weighted by Gasteiger charge is -2.13. The molecule has 2 aromatic rings. The van der Waals surface area contributed by atoms with Gasteiger partial charge in [-0.25, -0.2) is 0 Å². The summed E-state index contributed by atoms with van der Waals surface area (Å²) < 4.78 is 17.2. The molecule has 2 rings (SSSR count). The molecule has 28 heavy (non-hydrogen) atoms. The first-order chi connectivity index (χ1) is 13.5. The summed E-state index contributed by atoms with van der Waals surface area (Å²) in [5.74, 6) is 2.16. The average molecular weight is 402 g/mol. The summed E-state index contributed by atoms with van der Waals surface area (Å²) in [6.45, 7) is 5.23. The Bertz CT molecular complexity index is 825. The van der Waals surface area contributed by atoms with E-state index in [-0.39, 0.29) is 0 Å². The second-order valence-electron chi connectivity index (χ2n) is 6.12. The lowest BCUT2D eigenvalue weighted by atomic mass is 10.1. The van der Waals surface area contributed by atoms with Gasteiger partial charge in [-0.3, -0.25) is 5.43 Å². The van der Waals surface area contributed by atoms with E-state index in [1.807, 2.05) is 30.3 Å². The molecule has 0 atom stereocenters. The van der Waals surface area contributed by atoms with Crippen LogP contribution in [0.2, 0.25) is 0 Å². The van der Waals surface area contributed by atoms with Crippen LogP contribution in [0.4, 0.5) is 0 Å². The summed E-state index contributed by atoms with van der Waals surface area (Å²) >= 11 is 5.00. The number of ether oxygens (including phenoxy) is 3. The minimum absolute atomic E-state index is 0.435. The molecule has 0 aliphatic carbocycles. The van der Waals surface area contributed by atoms with Gasteiger partial charge in [0.05, 0.1) is 26.5 Å². The van der Waals surface area contributed by atoms with Crippen LogP contribution >= 0.6 is 12.2 Å². The van der Waals surface area contributed by atoms with E-state index < -0.39 is 0 Å². The van der Waals surface area contributed by atoms with Crippen LogP contribution in [0.1, 0.15) is 23.1 Å². The topological polar surface area (TPSA) is 64.1 Å². The summed E-state index contributed by atoms with van der Waals surface area (Å²) in [7, 11) is 3.34. The molecule has 2 N–H and O–H groups in total. The van der Waals surface area contributed by atoms with E-state index in [2.05, 4.69) is 35.8 Å². The molecule has 0 spiro atoms. The number of aryl methyl sites for hydroxylation is 2. The monoisotopic (exact) mass is 401 g/mol. The maximum Gasteiger partial charge on any atom is 0.186 e. The number of para-hydroxylation sites is 1. The number of nitrogens with one attached hydrogen (secondary N) is 2. The summed E-state index contributed by atoms with van der Waals surface area (Å²) in [5, 5.41) is 7.34. The molecule has 6 nitrogen and oxygen atoms in total. The van der Waals surface area contributed by atoms with Crippen molar-refractivity contribution in [2.75, 3.05) is 27.4 Å². The number of methoxy groups -OCH3 is 1. The summed E-state index contributed by atoms with van der Waals surface area (Å²) in [6.07, 6.45) is 2.39. The number of nitrogens with zero attached hydrogens (tertiary/aromatic N) is 1. The molecule has 0 aliphatic rings. The molecule has 0 radical (unpaired) electrons. The second-order valence-corrected chi connectivity index (χ2v) is 6.53. The van der Waals surface area contributed by atoms with Gasteiger partial charge in [0.2, 0.25) is 0 Å². The zero-order chi connectivity index (χ0) is 20.4. The van der Waals surface area contributed by atoms with Crippen LogP contribution in [-0.4, -0.2) is 38.7 Å². The first-order valence-electron chi connectivity index (χ1n) is 9.05. The molecule has 0 aromatic heterocycles. The number of rotatable bonds is 9. The predicted octanol–water partition coefficient (Wildman–Crippen LogP) is 3.59. The van der Waals surface area contributed by atoms with Crippen LogP contribution in [-0.2, 0) is 0 Å². The Labute approximate surface area is 171 Å². The van der Waals surface area contributed by atoms with Crippen molar-refractivity contribution in [3.05, 3.63) is 53.1 Å². The number of hydrogen-bond acceptors (Lipinski definition) is 5. The largest absolute Gasteiger partial charge is 0.493 e. The van der Waals surface area contributed by atoms with Crippen molar-refractivity contribution >= 4 is 23.5 Å². The molecule has 0 saturated carbocycles. The van der Waals surface area contributed by atoms with Gasteiger partial charge in [0.15, 0.2) is 16.6 Å². The standard InChI is InChI=1S/C21H27N3O3S/c1-15-9-10-18(13-16(15)2)26-11-6-12-27-20-17(7-5-8-19(20)25-4)14-23-24-21(28)22-3/h5,7-10,13-14H,6,11-12H2,1-4H3,(H2,22,24,28)/b23-14+. The van der Waals surface area contributed by atoms with Crippen molar-refractivity contribution in [1.29, 1.82) is 0 Å². The quantitative estimate of drug-likeness (QED) is 0.290. The van der Waals surface area contributed by atoms with Gasteiger partial charge in [-0.15, -0.1) is 0 Å². The second kappa shape index (κ2) is 11.1. The van der Waals surface area contributed by atoms with Crippen molar-refractivity contribution in [3.8, 4) is 17.2 Å². The molecule has 0 bridgehead atoms. The summed E-state index contributed by atoms with van der Waals surface area (Å²) in [5.41, 5.74) is 5.99. The minimum Gasteiger partial charge on any atom is -0.493 e. The van der Waals surface area contributed by atoms with Crippen LogP contribution in [0.25, 0.3) is 0 Å². The Morgan fingerprint density at radius 1 is 1.11 bits per heavy atom. The van der Waals surface area contributed by atoms with E-state index >= 15 is 0 Å². The van der Waals surface area contributed by atoms with E-state index in [0.717, 1.165) is 17.7 Å². The number of benzene rings is 2. The van der Waals surface area contributed by atoms with Crippen LogP contribution in [0.5, 0.6) is 17.2 Å². The fourth-order valence-corrected chi connectivity index (χ4v) is 2.45. The third-order valence-corrected chi connectivity index (χ3v) is 4.40. The van der Waals surface area contributed by atoms with Crippen molar-refractivity contribution in [1.82, 2.24) is 10.7 Å². The highest BCUT2D eigenvalue weighted by Gasteiger charge is 2.09. The van der Waals surface area contributed by atoms with Crippen LogP contribution < -0.4 is 25.0 Å². The Kier molecular flexibility index (Phi) is 8.55. The Morgan fingerprint density at radius 2 is 1.89 bits per heavy atom. The van der Waals surface area contributed by atoms with Crippen molar-refractivity contribution < 1.29 is 14.2 Å². The molecular weight excluding hydrogens is 374 g/mol. The van der Waals surface area contributed by atoms with E-state index in [0.29, 0.717) is 29.8 Å². The molecule has 0 amide bonds. The van der Waals surface area contributed by atoms with Gasteiger partial charge in [-0.1, -0.05) is 12.1 Å².